The summed E-state index contributed by atoms with van der Waals surface area (Å²) < 4.78 is 51.2. The Labute approximate surface area is 665 Å². The summed E-state index contributed by atoms with van der Waals surface area (Å²) in [4.78, 5) is 153. The molecule has 0 aromatic heterocycles. The van der Waals surface area contributed by atoms with Gasteiger partial charge in [-0.25, -0.2) is 19.2 Å². The molecule has 6 amide bonds. The van der Waals surface area contributed by atoms with Gasteiger partial charge in [-0.05, 0) is 152 Å². The first kappa shape index (κ1) is 96.9. The number of carbonyl (C=O) groups is 12. The number of alkyl carbamates (subject to hydrolysis) is 1. The zero-order valence-electron chi connectivity index (χ0n) is 67.0. The quantitative estimate of drug-likeness (QED) is 0.0155. The van der Waals surface area contributed by atoms with Gasteiger partial charge in [-0.15, -0.1) is 12.4 Å². The molecular formula is C81H123ClN8O22. The molecule has 3 aliphatic heterocycles. The lowest BCUT2D eigenvalue weighted by atomic mass is 9.85. The van der Waals surface area contributed by atoms with Crippen LogP contribution in [0.2, 0.25) is 0 Å². The minimum absolute atomic E-state index is 0. The molecular weight excluding hydrogens is 1470 g/mol. The van der Waals surface area contributed by atoms with Crippen molar-refractivity contribution in [3.8, 4) is 0 Å². The van der Waals surface area contributed by atoms with E-state index in [1.807, 2.05) is 119 Å². The van der Waals surface area contributed by atoms with Crippen LogP contribution in [0.25, 0.3) is 0 Å². The Morgan fingerprint density at radius 2 is 0.759 bits per heavy atom. The van der Waals surface area contributed by atoms with Crippen LogP contribution < -0.4 is 27.4 Å². The number of nitrogens with two attached hydrogens (primary N) is 2. The van der Waals surface area contributed by atoms with E-state index in [2.05, 4.69) is 16.0 Å². The summed E-state index contributed by atoms with van der Waals surface area (Å²) in [6, 6.07) is 25.2. The van der Waals surface area contributed by atoms with Gasteiger partial charge in [0.2, 0.25) is 32.2 Å². The van der Waals surface area contributed by atoms with Gasteiger partial charge in [-0.1, -0.05) is 138 Å². The van der Waals surface area contributed by atoms with Crippen molar-refractivity contribution in [3.05, 3.63) is 108 Å². The summed E-state index contributed by atoms with van der Waals surface area (Å²) in [5.41, 5.74) is 12.9. The summed E-state index contributed by atoms with van der Waals surface area (Å²) in [5, 5.41) is 8.22. The molecule has 112 heavy (non-hydrogen) atoms. The van der Waals surface area contributed by atoms with Crippen LogP contribution in [0.4, 0.5) is 19.2 Å². The van der Waals surface area contributed by atoms with E-state index in [4.69, 9.17) is 58.8 Å². The molecule has 3 aromatic rings. The number of nitrogens with one attached hydrogen (secondary N) is 3. The minimum atomic E-state index is -0.729. The fourth-order valence-corrected chi connectivity index (χ4v) is 13.1. The van der Waals surface area contributed by atoms with Gasteiger partial charge in [0, 0.05) is 52.0 Å². The van der Waals surface area contributed by atoms with Gasteiger partial charge in [0.25, 0.3) is 0 Å². The lowest BCUT2D eigenvalue weighted by Crippen LogP contribution is -2.51. The van der Waals surface area contributed by atoms with Crippen LogP contribution in [0.5, 0.6) is 0 Å². The third kappa shape index (κ3) is 35.2. The minimum Gasteiger partial charge on any atom is -0.468 e. The highest BCUT2D eigenvalue weighted by atomic mass is 35.5. The SMILES string of the molecule is COC(=O)C(c1ccccc1)C1CCCCN1C(=O)OCOC(=O)CCCCCN.COC(=O)C(c1ccccc1)C1CCCCN1C(=O)OCOC(=O)CCCCCNC(=O)C(N)C(C)C.COC(=O)C(c1ccccc1)C1CCCCN1C(=O)OCOC(=O)CCCCCNC(=O)C(NC(=O)OC(C)(C)C)C(C)C.Cl. The van der Waals surface area contributed by atoms with Crippen molar-refractivity contribution in [1.29, 1.82) is 0 Å². The molecule has 0 saturated carbocycles. The second-order valence-electron chi connectivity index (χ2n) is 29.1. The van der Waals surface area contributed by atoms with Crippen molar-refractivity contribution in [2.75, 3.05) is 81.0 Å². The number of piperidine rings is 3. The highest BCUT2D eigenvalue weighted by Crippen LogP contribution is 2.36. The zero-order chi connectivity index (χ0) is 81.7. The standard InChI is InChI=1S/C32H49N3O9.C27H41N3O7.C22H32N2O6.ClH/c1-22(2)27(34-30(39)44-32(3,4)5)28(37)33-19-13-8-11-18-25(36)42-21-43-31(40)35-20-14-12-17-24(35)26(29(38)41-6)23-15-9-7-10-16-23;1-19(2)24(28)25(32)29-16-10-5-8-15-22(31)36-18-37-27(34)30-17-11-9-14-21(30)23(26(33)35-3)20-12-6-4-7-13-20;1-28-21(26)20(17-10-4-2-5-11-17)18-12-7-9-15-24(18)22(27)30-16-29-19(25)13-6-3-8-14-23;/h7,9-10,15-16,22,24,26-27H,8,11-14,17-21H2,1-6H3,(H,33,37)(H,34,39);4,6-7,12-13,19,21,23-24H,5,8-11,14-18,28H2,1-3H3,(H,29,32);2,4-5,10-11,18,20H,3,6-9,12-16,23H2,1H3;1H. The van der Waals surface area contributed by atoms with Crippen molar-refractivity contribution < 1.29 is 105 Å². The van der Waals surface area contributed by atoms with Gasteiger partial charge >= 0.3 is 60.2 Å². The van der Waals surface area contributed by atoms with Gasteiger partial charge in [0.15, 0.2) is 0 Å². The lowest BCUT2D eigenvalue weighted by molar-refractivity contribution is -0.154. The first-order chi connectivity index (χ1) is 53.2. The maximum absolute atomic E-state index is 12.9. The summed E-state index contributed by atoms with van der Waals surface area (Å²) in [6.07, 6.45) is 11.2. The first-order valence-electron chi connectivity index (χ1n) is 38.8. The van der Waals surface area contributed by atoms with Crippen molar-refractivity contribution in [2.24, 2.45) is 23.3 Å². The fraction of sp³-hybridized carbons (Fsp3) is 0.630. The smallest absolute Gasteiger partial charge is 0.412 e. The van der Waals surface area contributed by atoms with Gasteiger partial charge in [-0.3, -0.25) is 38.4 Å². The molecule has 31 heteroatoms. The van der Waals surface area contributed by atoms with Crippen LogP contribution in [0.3, 0.4) is 0 Å². The number of ether oxygens (including phenoxy) is 10. The monoisotopic (exact) mass is 1590 g/mol. The number of likely N-dealkylation sites (tertiary alicyclic amines) is 3. The van der Waals surface area contributed by atoms with E-state index >= 15 is 0 Å². The first-order valence-corrected chi connectivity index (χ1v) is 38.8. The molecule has 0 radical (unpaired) electrons. The number of rotatable bonds is 37. The summed E-state index contributed by atoms with van der Waals surface area (Å²) in [6.45, 7) is 14.1. The number of carbonyl (C=O) groups excluding carboxylic acids is 12. The largest absolute Gasteiger partial charge is 0.468 e. The molecule has 6 rings (SSSR count). The average Bonchev–Trinajstić information content (AvgIpc) is 0.814. The Morgan fingerprint density at radius 3 is 1.05 bits per heavy atom. The van der Waals surface area contributed by atoms with Crippen molar-refractivity contribution in [2.45, 2.75) is 237 Å². The van der Waals surface area contributed by atoms with Crippen molar-refractivity contribution in [3.63, 3.8) is 0 Å². The summed E-state index contributed by atoms with van der Waals surface area (Å²) in [5.74, 6) is -5.04. The number of benzene rings is 3. The molecule has 0 bridgehead atoms. The molecule has 3 saturated heterocycles. The van der Waals surface area contributed by atoms with E-state index in [0.717, 1.165) is 80.9 Å². The number of unbranched alkanes of at least 4 members (excludes halogenated alkanes) is 6. The molecule has 0 spiro atoms. The summed E-state index contributed by atoms with van der Waals surface area (Å²) in [7, 11) is 4.01. The van der Waals surface area contributed by atoms with E-state index in [1.54, 1.807) is 25.7 Å². The van der Waals surface area contributed by atoms with Crippen LogP contribution in [-0.4, -0.2) is 203 Å². The summed E-state index contributed by atoms with van der Waals surface area (Å²) >= 11 is 0. The Hall–Kier alpha value is -9.29. The van der Waals surface area contributed by atoms with Crippen molar-refractivity contribution in [1.82, 2.24) is 30.7 Å². The number of hydrogen-bond donors (Lipinski definition) is 5. The van der Waals surface area contributed by atoms with Crippen LogP contribution >= 0.6 is 12.4 Å². The predicted molar refractivity (Wildman–Crippen MR) is 417 cm³/mol. The lowest BCUT2D eigenvalue weighted by Gasteiger charge is -2.38. The Kier molecular flexibility index (Phi) is 46.4. The number of nitrogens with zero attached hydrogens (tertiary/aromatic N) is 3. The van der Waals surface area contributed by atoms with Crippen LogP contribution in [0.15, 0.2) is 91.0 Å². The maximum atomic E-state index is 12.9. The molecule has 0 aliphatic carbocycles. The number of esters is 6. The molecule has 3 heterocycles. The van der Waals surface area contributed by atoms with Gasteiger partial charge in [0.1, 0.15) is 29.4 Å². The molecule has 3 fully saturated rings. The molecule has 30 nitrogen and oxygen atoms in total. The molecule has 626 valence electrons. The van der Waals surface area contributed by atoms with E-state index < -0.39 is 128 Å². The van der Waals surface area contributed by atoms with Gasteiger partial charge in [-0.2, -0.15) is 0 Å². The van der Waals surface area contributed by atoms with E-state index in [1.165, 1.54) is 31.1 Å². The van der Waals surface area contributed by atoms with Crippen molar-refractivity contribution >= 4 is 84.4 Å². The highest BCUT2D eigenvalue weighted by Gasteiger charge is 2.43. The third-order valence-electron chi connectivity index (χ3n) is 19.0. The van der Waals surface area contributed by atoms with Crippen LogP contribution in [0.1, 0.15) is 218 Å². The third-order valence-corrected chi connectivity index (χ3v) is 19.0. The predicted octanol–water partition coefficient (Wildman–Crippen LogP) is 11.1. The second kappa shape index (κ2) is 53.6. The maximum Gasteiger partial charge on any atom is 0.412 e. The number of amides is 6. The topological polar surface area (TPSA) is 395 Å². The van der Waals surface area contributed by atoms with Crippen LogP contribution in [0, 0.1) is 11.8 Å². The molecule has 8 atom stereocenters. The fourth-order valence-electron chi connectivity index (χ4n) is 13.1. The average molecular weight is 1600 g/mol. The Bertz CT molecular complexity index is 3330. The number of halogens is 1. The number of methoxy groups -OCH3 is 3. The molecule has 3 aromatic carbocycles. The Morgan fingerprint density at radius 1 is 0.438 bits per heavy atom. The second-order valence-corrected chi connectivity index (χ2v) is 29.1. The van der Waals surface area contributed by atoms with E-state index in [9.17, 15) is 57.5 Å². The van der Waals surface area contributed by atoms with Gasteiger partial charge in [0.05, 0.1) is 45.5 Å². The number of hydrogen-bond acceptors (Lipinski definition) is 24. The van der Waals surface area contributed by atoms with Crippen LogP contribution in [-0.2, 0) is 85.7 Å². The zero-order valence-corrected chi connectivity index (χ0v) is 67.8. The highest BCUT2D eigenvalue weighted by molar-refractivity contribution is 5.86. The van der Waals surface area contributed by atoms with Gasteiger partial charge < -0.3 is 89.5 Å². The molecule has 3 aliphatic rings. The van der Waals surface area contributed by atoms with E-state index in [-0.39, 0.29) is 61.4 Å². The van der Waals surface area contributed by atoms with E-state index in [0.29, 0.717) is 90.6 Å². The Balaban J connectivity index is 0.000000441. The molecule has 8 unspecified atom stereocenters. The normalized spacial score (nSPS) is 16.6. The molecule has 7 N–H and O–H groups in total.